The Labute approximate surface area is 143 Å². The van der Waals surface area contributed by atoms with Crippen molar-refractivity contribution in [3.05, 3.63) is 53.0 Å². The zero-order valence-corrected chi connectivity index (χ0v) is 15.2. The number of furan rings is 1. The van der Waals surface area contributed by atoms with Crippen molar-refractivity contribution in [2.24, 2.45) is 0 Å². The van der Waals surface area contributed by atoms with Crippen LogP contribution in [0.3, 0.4) is 0 Å². The fraction of sp³-hybridized carbons (Fsp3) is 0.450. The molecule has 0 bridgehead atoms. The Hall–Kier alpha value is -2.23. The summed E-state index contributed by atoms with van der Waals surface area (Å²) in [6.07, 6.45) is 0. The lowest BCUT2D eigenvalue weighted by Gasteiger charge is -2.27. The van der Waals surface area contributed by atoms with Gasteiger partial charge in [0.15, 0.2) is 0 Å². The first-order valence-electron chi connectivity index (χ1n) is 8.06. The Balaban J connectivity index is 2.27. The van der Waals surface area contributed by atoms with Gasteiger partial charge in [-0.3, -0.25) is 0 Å². The van der Waals surface area contributed by atoms with Crippen molar-refractivity contribution in [2.45, 2.75) is 59.0 Å². The summed E-state index contributed by atoms with van der Waals surface area (Å²) in [5.41, 5.74) is 2.34. The summed E-state index contributed by atoms with van der Waals surface area (Å²) in [6.45, 7) is 13.1. The second-order valence-electron chi connectivity index (χ2n) is 8.05. The van der Waals surface area contributed by atoms with Gasteiger partial charge in [-0.1, -0.05) is 53.7 Å². The largest absolute Gasteiger partial charge is 0.542 e. The molecule has 1 heterocycles. The predicted octanol–water partition coefficient (Wildman–Crippen LogP) is 3.82. The number of carboxylic acids is 1. The molecule has 2 aromatic rings. The number of carboxylic acid groups (broad SMARTS) is 1. The standard InChI is InChI=1S/C20H26O4/c1-19(2,3)13-7-9-16(15(11-13)20(4,5)6)23-12-14-8-10-17(24-14)18(21)22/h7-11H,12H2,1-6H3,(H,21,22)/p-1. The normalized spacial score (nSPS) is 12.2. The number of aromatic carboxylic acids is 1. The first-order valence-corrected chi connectivity index (χ1v) is 8.06. The number of hydrogen-bond acceptors (Lipinski definition) is 4. The van der Waals surface area contributed by atoms with Gasteiger partial charge in [-0.15, -0.1) is 0 Å². The van der Waals surface area contributed by atoms with Crippen LogP contribution in [0, 0.1) is 0 Å². The zero-order chi connectivity index (χ0) is 18.1. The molecule has 0 spiro atoms. The summed E-state index contributed by atoms with van der Waals surface area (Å²) in [7, 11) is 0. The maximum Gasteiger partial charge on any atom is 0.149 e. The molecule has 4 nitrogen and oxygen atoms in total. The van der Waals surface area contributed by atoms with E-state index in [2.05, 4.69) is 53.7 Å². The van der Waals surface area contributed by atoms with E-state index in [9.17, 15) is 9.90 Å². The average Bonchev–Trinajstić information content (AvgIpc) is 2.92. The highest BCUT2D eigenvalue weighted by Crippen LogP contribution is 2.35. The van der Waals surface area contributed by atoms with Crippen molar-refractivity contribution >= 4 is 5.97 Å². The Bertz CT molecular complexity index is 727. The molecule has 0 saturated heterocycles. The smallest absolute Gasteiger partial charge is 0.149 e. The highest BCUT2D eigenvalue weighted by molar-refractivity contribution is 5.82. The van der Waals surface area contributed by atoms with Crippen molar-refractivity contribution in [1.82, 2.24) is 0 Å². The minimum atomic E-state index is -1.33. The van der Waals surface area contributed by atoms with Crippen molar-refractivity contribution in [2.75, 3.05) is 0 Å². The van der Waals surface area contributed by atoms with Crippen molar-refractivity contribution in [3.8, 4) is 5.75 Å². The summed E-state index contributed by atoms with van der Waals surface area (Å²) in [6, 6.07) is 9.19. The van der Waals surface area contributed by atoms with Crippen LogP contribution in [0.4, 0.5) is 0 Å². The third-order valence-electron chi connectivity index (χ3n) is 3.89. The molecule has 0 aliphatic carbocycles. The van der Waals surface area contributed by atoms with Crippen LogP contribution in [-0.4, -0.2) is 5.97 Å². The van der Waals surface area contributed by atoms with Crippen LogP contribution < -0.4 is 9.84 Å². The van der Waals surface area contributed by atoms with Gasteiger partial charge in [0.1, 0.15) is 29.8 Å². The number of hydrogen-bond donors (Lipinski definition) is 0. The molecule has 24 heavy (non-hydrogen) atoms. The number of carbonyl (C=O) groups excluding carboxylic acids is 1. The lowest BCUT2D eigenvalue weighted by Crippen LogP contribution is -2.21. The van der Waals surface area contributed by atoms with Crippen molar-refractivity contribution < 1.29 is 19.1 Å². The molecular formula is C20H25O4-. The van der Waals surface area contributed by atoms with Crippen LogP contribution in [0.1, 0.15) is 69.0 Å². The summed E-state index contributed by atoms with van der Waals surface area (Å²) in [5, 5.41) is 10.8. The van der Waals surface area contributed by atoms with Gasteiger partial charge in [0.25, 0.3) is 0 Å². The number of ether oxygens (including phenoxy) is 1. The van der Waals surface area contributed by atoms with Crippen LogP contribution in [0.5, 0.6) is 5.75 Å². The molecule has 0 aliphatic heterocycles. The number of carbonyl (C=O) groups is 1. The van der Waals surface area contributed by atoms with Crippen LogP contribution in [0.15, 0.2) is 34.7 Å². The molecule has 0 N–H and O–H groups in total. The monoisotopic (exact) mass is 329 g/mol. The molecule has 0 aliphatic rings. The van der Waals surface area contributed by atoms with E-state index in [1.165, 1.54) is 11.6 Å². The van der Waals surface area contributed by atoms with Crippen LogP contribution in [0.2, 0.25) is 0 Å². The fourth-order valence-electron chi connectivity index (χ4n) is 2.42. The van der Waals surface area contributed by atoms with Gasteiger partial charge in [0.2, 0.25) is 0 Å². The molecule has 130 valence electrons. The molecule has 2 rings (SSSR count). The summed E-state index contributed by atoms with van der Waals surface area (Å²) < 4.78 is 11.1. The lowest BCUT2D eigenvalue weighted by atomic mass is 9.80. The van der Waals surface area contributed by atoms with Gasteiger partial charge in [-0.25, -0.2) is 0 Å². The van der Waals surface area contributed by atoms with E-state index < -0.39 is 5.97 Å². The van der Waals surface area contributed by atoms with Crippen LogP contribution in [-0.2, 0) is 17.4 Å². The van der Waals surface area contributed by atoms with Gasteiger partial charge < -0.3 is 19.1 Å². The molecule has 0 saturated carbocycles. The highest BCUT2D eigenvalue weighted by atomic mass is 16.5. The van der Waals surface area contributed by atoms with Crippen LogP contribution >= 0.6 is 0 Å². The van der Waals surface area contributed by atoms with Crippen molar-refractivity contribution in [1.29, 1.82) is 0 Å². The van der Waals surface area contributed by atoms with E-state index in [1.54, 1.807) is 6.07 Å². The van der Waals surface area contributed by atoms with E-state index in [0.717, 1.165) is 11.3 Å². The third kappa shape index (κ3) is 4.19. The Morgan fingerprint density at radius 1 is 1.04 bits per heavy atom. The van der Waals surface area contributed by atoms with Gasteiger partial charge in [0, 0.05) is 0 Å². The second-order valence-corrected chi connectivity index (χ2v) is 8.05. The first-order chi connectivity index (χ1) is 11.0. The lowest BCUT2D eigenvalue weighted by molar-refractivity contribution is -0.257. The number of benzene rings is 1. The molecule has 4 heteroatoms. The highest BCUT2D eigenvalue weighted by Gasteiger charge is 2.23. The van der Waals surface area contributed by atoms with Gasteiger partial charge in [-0.2, -0.15) is 0 Å². The van der Waals surface area contributed by atoms with Crippen LogP contribution in [0.25, 0.3) is 0 Å². The Kier molecular flexibility index (Phi) is 4.79. The Morgan fingerprint density at radius 3 is 2.21 bits per heavy atom. The third-order valence-corrected chi connectivity index (χ3v) is 3.89. The van der Waals surface area contributed by atoms with E-state index >= 15 is 0 Å². The maximum absolute atomic E-state index is 10.8. The second kappa shape index (κ2) is 6.34. The van der Waals surface area contributed by atoms with E-state index in [-0.39, 0.29) is 23.2 Å². The van der Waals surface area contributed by atoms with E-state index in [4.69, 9.17) is 9.15 Å². The minimum absolute atomic E-state index is 0.0585. The molecule has 1 aromatic carbocycles. The molecule has 0 atom stereocenters. The topological polar surface area (TPSA) is 62.5 Å². The quantitative estimate of drug-likeness (QED) is 0.855. The molecule has 0 amide bonds. The summed E-state index contributed by atoms with van der Waals surface area (Å²) in [5.74, 6) is -0.283. The van der Waals surface area contributed by atoms with Gasteiger partial charge in [-0.05, 0) is 40.2 Å². The van der Waals surface area contributed by atoms with Crippen molar-refractivity contribution in [3.63, 3.8) is 0 Å². The molecule has 0 radical (unpaired) electrons. The molecular weight excluding hydrogens is 304 g/mol. The first kappa shape index (κ1) is 18.1. The fourth-order valence-corrected chi connectivity index (χ4v) is 2.42. The molecule has 0 fully saturated rings. The summed E-state index contributed by atoms with van der Waals surface area (Å²) >= 11 is 0. The SMILES string of the molecule is CC(C)(C)c1ccc(OCc2ccc(C(=O)[O-])o2)c(C(C)(C)C)c1. The molecule has 0 unspecified atom stereocenters. The van der Waals surface area contributed by atoms with Gasteiger partial charge >= 0.3 is 0 Å². The molecule has 1 aromatic heterocycles. The van der Waals surface area contributed by atoms with Gasteiger partial charge in [0.05, 0.1) is 0 Å². The summed E-state index contributed by atoms with van der Waals surface area (Å²) in [4.78, 5) is 10.8. The van der Waals surface area contributed by atoms with E-state index in [0.29, 0.717) is 5.76 Å². The zero-order valence-electron chi connectivity index (χ0n) is 15.2. The maximum atomic E-state index is 10.8. The van der Waals surface area contributed by atoms with E-state index in [1.807, 2.05) is 6.07 Å². The minimum Gasteiger partial charge on any atom is -0.542 e. The predicted molar refractivity (Wildman–Crippen MR) is 91.2 cm³/mol. The Morgan fingerprint density at radius 2 is 1.71 bits per heavy atom. The number of rotatable bonds is 4. The average molecular weight is 329 g/mol.